The zero-order valence-corrected chi connectivity index (χ0v) is 12.0. The molecule has 1 aromatic heterocycles. The summed E-state index contributed by atoms with van der Waals surface area (Å²) in [4.78, 5) is 21.7. The predicted octanol–water partition coefficient (Wildman–Crippen LogP) is 0.249. The van der Waals surface area contributed by atoms with Crippen molar-refractivity contribution in [2.45, 2.75) is 24.8 Å². The molecular weight excluding hydrogens is 292 g/mol. The third kappa shape index (κ3) is 3.75. The number of aromatic carboxylic acids is 1. The molecule has 0 aliphatic heterocycles. The van der Waals surface area contributed by atoms with E-state index in [2.05, 4.69) is 10.0 Å². The van der Waals surface area contributed by atoms with Crippen LogP contribution in [0.4, 0.5) is 0 Å². The van der Waals surface area contributed by atoms with E-state index in [9.17, 15) is 18.0 Å². The van der Waals surface area contributed by atoms with Crippen LogP contribution < -0.4 is 10.0 Å². The fraction of sp³-hybridized carbons (Fsp3) is 0.400. The maximum absolute atomic E-state index is 12.0. The van der Waals surface area contributed by atoms with Crippen molar-refractivity contribution < 1.29 is 23.1 Å². The Bertz CT molecular complexity index is 578. The minimum Gasteiger partial charge on any atom is -0.477 e. The molecule has 1 atom stereocenters. The Balaban J connectivity index is 2.96. The molecule has 9 heteroatoms. The van der Waals surface area contributed by atoms with Gasteiger partial charge in [-0.1, -0.05) is 0 Å². The van der Waals surface area contributed by atoms with Gasteiger partial charge in [-0.3, -0.25) is 4.79 Å². The van der Waals surface area contributed by atoms with Gasteiger partial charge in [0.05, 0.1) is 6.04 Å². The monoisotopic (exact) mass is 306 g/mol. The lowest BCUT2D eigenvalue weighted by Gasteiger charge is -2.13. The molecule has 0 bridgehead atoms. The van der Waals surface area contributed by atoms with Gasteiger partial charge in [0, 0.05) is 6.54 Å². The predicted molar refractivity (Wildman–Crippen MR) is 69.7 cm³/mol. The number of rotatable bonds is 6. The minimum atomic E-state index is -4.04. The summed E-state index contributed by atoms with van der Waals surface area (Å²) in [6.07, 6.45) is 0. The van der Waals surface area contributed by atoms with Gasteiger partial charge in [0.1, 0.15) is 9.77 Å². The summed E-state index contributed by atoms with van der Waals surface area (Å²) >= 11 is 0.811. The average molecular weight is 306 g/mol. The molecule has 7 nitrogen and oxygen atoms in total. The van der Waals surface area contributed by atoms with Crippen LogP contribution >= 0.6 is 11.3 Å². The third-order valence-electron chi connectivity index (χ3n) is 2.19. The minimum absolute atomic E-state index is 0.282. The van der Waals surface area contributed by atoms with E-state index >= 15 is 0 Å². The van der Waals surface area contributed by atoms with Gasteiger partial charge in [0.15, 0.2) is 0 Å². The van der Waals surface area contributed by atoms with Crippen LogP contribution in [0.25, 0.3) is 0 Å². The highest BCUT2D eigenvalue weighted by molar-refractivity contribution is 7.89. The molecule has 3 N–H and O–H groups in total. The number of sulfonamides is 1. The molecule has 0 radical (unpaired) electrons. The highest BCUT2D eigenvalue weighted by Gasteiger charge is 2.27. The Labute approximate surface area is 114 Å². The van der Waals surface area contributed by atoms with Gasteiger partial charge < -0.3 is 10.4 Å². The Morgan fingerprint density at radius 3 is 2.63 bits per heavy atom. The van der Waals surface area contributed by atoms with Crippen LogP contribution in [0, 0.1) is 0 Å². The van der Waals surface area contributed by atoms with Crippen LogP contribution in [-0.2, 0) is 14.8 Å². The second-order valence-electron chi connectivity index (χ2n) is 3.66. The molecule has 1 unspecified atom stereocenters. The Hall–Kier alpha value is -1.45. The van der Waals surface area contributed by atoms with E-state index in [1.165, 1.54) is 18.4 Å². The van der Waals surface area contributed by atoms with E-state index in [0.29, 0.717) is 6.54 Å². The fourth-order valence-corrected chi connectivity index (χ4v) is 3.80. The Kier molecular flexibility index (Phi) is 5.04. The molecule has 106 valence electrons. The van der Waals surface area contributed by atoms with Gasteiger partial charge in [0.2, 0.25) is 15.9 Å². The van der Waals surface area contributed by atoms with E-state index in [1.54, 1.807) is 6.92 Å². The number of hydrogen-bond acceptors (Lipinski definition) is 5. The van der Waals surface area contributed by atoms with Gasteiger partial charge in [-0.15, -0.1) is 11.3 Å². The van der Waals surface area contributed by atoms with Crippen LogP contribution in [0.15, 0.2) is 16.3 Å². The van der Waals surface area contributed by atoms with Crippen LogP contribution in [0.2, 0.25) is 0 Å². The first kappa shape index (κ1) is 15.6. The summed E-state index contributed by atoms with van der Waals surface area (Å²) < 4.78 is 26.1. The molecule has 19 heavy (non-hydrogen) atoms. The first-order valence-corrected chi connectivity index (χ1v) is 7.76. The SMILES string of the molecule is CCNC(=O)C(C)NS(=O)(=O)c1ccsc1C(=O)O. The standard InChI is InChI=1S/C10H14N2O5S2/c1-3-11-9(13)6(2)12-19(16,17)7-4-5-18-8(7)10(14)15/h4-6,12H,3H2,1-2H3,(H,11,13)(H,14,15). The first-order chi connectivity index (χ1) is 8.79. The molecule has 0 aromatic carbocycles. The molecule has 1 amide bonds. The molecule has 0 spiro atoms. The fourth-order valence-electron chi connectivity index (χ4n) is 1.34. The largest absolute Gasteiger partial charge is 0.477 e. The third-order valence-corrected chi connectivity index (χ3v) is 4.80. The lowest BCUT2D eigenvalue weighted by molar-refractivity contribution is -0.122. The van der Waals surface area contributed by atoms with Crippen molar-refractivity contribution in [3.63, 3.8) is 0 Å². The summed E-state index contributed by atoms with van der Waals surface area (Å²) in [6, 6.07) is 0.215. The number of carboxylic acid groups (broad SMARTS) is 1. The maximum atomic E-state index is 12.0. The average Bonchev–Trinajstić information content (AvgIpc) is 2.78. The van der Waals surface area contributed by atoms with E-state index in [0.717, 1.165) is 11.3 Å². The van der Waals surface area contributed by atoms with Gasteiger partial charge in [-0.2, -0.15) is 4.72 Å². The number of carbonyl (C=O) groups excluding carboxylic acids is 1. The van der Waals surface area contributed by atoms with Crippen LogP contribution in [0.3, 0.4) is 0 Å². The number of carbonyl (C=O) groups is 2. The lowest BCUT2D eigenvalue weighted by Crippen LogP contribution is -2.44. The highest BCUT2D eigenvalue weighted by atomic mass is 32.2. The van der Waals surface area contributed by atoms with Crippen LogP contribution in [-0.4, -0.2) is 38.0 Å². The van der Waals surface area contributed by atoms with Gasteiger partial charge in [0.25, 0.3) is 0 Å². The van der Waals surface area contributed by atoms with E-state index < -0.39 is 27.9 Å². The summed E-state index contributed by atoms with van der Waals surface area (Å²) in [5, 5.41) is 12.7. The smallest absolute Gasteiger partial charge is 0.347 e. The molecule has 0 fully saturated rings. The van der Waals surface area contributed by atoms with Crippen molar-refractivity contribution in [1.29, 1.82) is 0 Å². The molecule has 0 saturated heterocycles. The number of likely N-dealkylation sites (N-methyl/N-ethyl adjacent to an activating group) is 1. The first-order valence-electron chi connectivity index (χ1n) is 5.40. The van der Waals surface area contributed by atoms with Gasteiger partial charge in [-0.05, 0) is 25.3 Å². The number of thiophene rings is 1. The maximum Gasteiger partial charge on any atom is 0.347 e. The number of hydrogen-bond donors (Lipinski definition) is 3. The van der Waals surface area contributed by atoms with Crippen LogP contribution in [0.5, 0.6) is 0 Å². The van der Waals surface area contributed by atoms with Crippen molar-refractivity contribution in [3.05, 3.63) is 16.3 Å². The van der Waals surface area contributed by atoms with Crippen molar-refractivity contribution >= 4 is 33.2 Å². The van der Waals surface area contributed by atoms with Crippen molar-refractivity contribution in [2.75, 3.05) is 6.54 Å². The van der Waals surface area contributed by atoms with Crippen molar-refractivity contribution in [2.24, 2.45) is 0 Å². The molecular formula is C10H14N2O5S2. The lowest BCUT2D eigenvalue weighted by atomic mass is 10.3. The van der Waals surface area contributed by atoms with Crippen LogP contribution in [0.1, 0.15) is 23.5 Å². The van der Waals surface area contributed by atoms with Gasteiger partial charge in [-0.25, -0.2) is 13.2 Å². The molecule has 0 aliphatic rings. The Morgan fingerprint density at radius 2 is 2.11 bits per heavy atom. The number of carboxylic acids is 1. The normalized spacial score (nSPS) is 12.9. The molecule has 0 aliphatic carbocycles. The second kappa shape index (κ2) is 6.13. The summed E-state index contributed by atoms with van der Waals surface area (Å²) in [5.41, 5.74) is 0. The number of amides is 1. The van der Waals surface area contributed by atoms with Gasteiger partial charge >= 0.3 is 5.97 Å². The quantitative estimate of drug-likeness (QED) is 0.697. The molecule has 1 aromatic rings. The summed E-state index contributed by atoms with van der Waals surface area (Å²) in [6.45, 7) is 3.47. The molecule has 0 saturated carbocycles. The van der Waals surface area contributed by atoms with E-state index in [4.69, 9.17) is 5.11 Å². The molecule has 1 rings (SSSR count). The summed E-state index contributed by atoms with van der Waals surface area (Å²) in [5.74, 6) is -1.79. The van der Waals surface area contributed by atoms with E-state index in [-0.39, 0.29) is 9.77 Å². The number of nitrogens with one attached hydrogen (secondary N) is 2. The van der Waals surface area contributed by atoms with E-state index in [1.807, 2.05) is 0 Å². The topological polar surface area (TPSA) is 113 Å². The van der Waals surface area contributed by atoms with Crippen molar-refractivity contribution in [1.82, 2.24) is 10.0 Å². The zero-order valence-electron chi connectivity index (χ0n) is 10.3. The highest BCUT2D eigenvalue weighted by Crippen LogP contribution is 2.21. The second-order valence-corrected chi connectivity index (χ2v) is 6.26. The summed E-state index contributed by atoms with van der Waals surface area (Å²) in [7, 11) is -4.04. The molecule has 1 heterocycles. The van der Waals surface area contributed by atoms with Crippen molar-refractivity contribution in [3.8, 4) is 0 Å². The zero-order chi connectivity index (χ0) is 14.6. The Morgan fingerprint density at radius 1 is 1.47 bits per heavy atom.